The summed E-state index contributed by atoms with van der Waals surface area (Å²) >= 11 is 0. The van der Waals surface area contributed by atoms with Crippen molar-refractivity contribution >= 4 is 16.2 Å². The molecule has 2 heterocycles. The molecule has 0 aromatic rings. The molecule has 6 nitrogen and oxygen atoms in total. The monoisotopic (exact) mass is 357 g/mol. The SMILES string of the molecule is CC(C)(C)OC(=O)N1C2CC=CC1(OS(=O)(=O)C(F)(F)F)CC2. The fourth-order valence-electron chi connectivity index (χ4n) is 2.69. The van der Waals surface area contributed by atoms with Crippen LogP contribution in [-0.4, -0.2) is 42.3 Å². The van der Waals surface area contributed by atoms with E-state index in [9.17, 15) is 26.4 Å². The molecule has 0 aliphatic carbocycles. The van der Waals surface area contributed by atoms with Crippen LogP contribution in [0.2, 0.25) is 0 Å². The van der Waals surface area contributed by atoms with E-state index in [1.54, 1.807) is 20.8 Å². The minimum atomic E-state index is -5.85. The Bertz CT molecular complexity index is 623. The molecule has 0 N–H and O–H groups in total. The molecular weight excluding hydrogens is 339 g/mol. The predicted octanol–water partition coefficient (Wildman–Crippen LogP) is 2.91. The van der Waals surface area contributed by atoms with Gasteiger partial charge in [0.2, 0.25) is 0 Å². The van der Waals surface area contributed by atoms with Crippen LogP contribution in [-0.2, 0) is 19.0 Å². The van der Waals surface area contributed by atoms with Gasteiger partial charge in [-0.25, -0.2) is 8.98 Å². The van der Waals surface area contributed by atoms with Crippen molar-refractivity contribution in [2.45, 2.75) is 62.9 Å². The molecule has 0 saturated carbocycles. The molecule has 0 spiro atoms. The lowest BCUT2D eigenvalue weighted by Gasteiger charge is -2.40. The maximum atomic E-state index is 12.6. The second kappa shape index (κ2) is 5.37. The predicted molar refractivity (Wildman–Crippen MR) is 73.6 cm³/mol. The number of fused-ring (bicyclic) bond motifs is 2. The Kier molecular flexibility index (Phi) is 4.21. The van der Waals surface area contributed by atoms with Gasteiger partial charge in [-0.05, 0) is 39.7 Å². The van der Waals surface area contributed by atoms with Gasteiger partial charge in [-0.15, -0.1) is 0 Å². The van der Waals surface area contributed by atoms with Gasteiger partial charge in [-0.1, -0.05) is 6.08 Å². The second-order valence-electron chi connectivity index (χ2n) is 6.51. The molecule has 10 heteroatoms. The molecule has 0 radical (unpaired) electrons. The van der Waals surface area contributed by atoms with Gasteiger partial charge in [-0.3, -0.25) is 4.90 Å². The number of hydrogen-bond donors (Lipinski definition) is 0. The van der Waals surface area contributed by atoms with E-state index in [1.807, 2.05) is 0 Å². The average Bonchev–Trinajstić information content (AvgIpc) is 2.52. The lowest BCUT2D eigenvalue weighted by Crippen LogP contribution is -2.55. The first-order chi connectivity index (χ1) is 10.3. The molecule has 2 rings (SSSR count). The number of amides is 1. The fourth-order valence-corrected chi connectivity index (χ4v) is 3.38. The highest BCUT2D eigenvalue weighted by Crippen LogP contribution is 2.44. The van der Waals surface area contributed by atoms with Gasteiger partial charge >= 0.3 is 21.7 Å². The molecular formula is C13H18F3NO5S. The van der Waals surface area contributed by atoms with Crippen molar-refractivity contribution < 1.29 is 35.3 Å². The van der Waals surface area contributed by atoms with E-state index in [1.165, 1.54) is 12.2 Å². The van der Waals surface area contributed by atoms with Crippen LogP contribution in [0.3, 0.4) is 0 Å². The highest BCUT2D eigenvalue weighted by Gasteiger charge is 2.58. The highest BCUT2D eigenvalue weighted by atomic mass is 32.2. The zero-order valence-corrected chi connectivity index (χ0v) is 13.7. The van der Waals surface area contributed by atoms with E-state index in [0.717, 1.165) is 4.90 Å². The van der Waals surface area contributed by atoms with Crippen molar-refractivity contribution in [1.29, 1.82) is 0 Å². The molecule has 0 aromatic carbocycles. The van der Waals surface area contributed by atoms with Crippen LogP contribution in [0.5, 0.6) is 0 Å². The number of halogens is 3. The number of carbonyl (C=O) groups excluding carboxylic acids is 1. The van der Waals surface area contributed by atoms with E-state index < -0.39 is 39.1 Å². The first-order valence-corrected chi connectivity index (χ1v) is 8.40. The summed E-state index contributed by atoms with van der Waals surface area (Å²) in [6, 6.07) is -0.460. The van der Waals surface area contributed by atoms with Gasteiger partial charge in [0.25, 0.3) is 0 Å². The summed E-state index contributed by atoms with van der Waals surface area (Å²) in [5.74, 6) is 0. The Morgan fingerprint density at radius 3 is 2.43 bits per heavy atom. The summed E-state index contributed by atoms with van der Waals surface area (Å²) < 4.78 is 70.3. The molecule has 132 valence electrons. The van der Waals surface area contributed by atoms with Crippen molar-refractivity contribution in [2.75, 3.05) is 0 Å². The highest BCUT2D eigenvalue weighted by molar-refractivity contribution is 7.87. The fraction of sp³-hybridized carbons (Fsp3) is 0.769. The summed E-state index contributed by atoms with van der Waals surface area (Å²) in [4.78, 5) is 13.3. The van der Waals surface area contributed by atoms with E-state index in [0.29, 0.717) is 12.8 Å². The van der Waals surface area contributed by atoms with Crippen molar-refractivity contribution in [1.82, 2.24) is 4.90 Å². The molecule has 0 aromatic heterocycles. The summed E-state index contributed by atoms with van der Waals surface area (Å²) in [5, 5.41) is 0. The van der Waals surface area contributed by atoms with Crippen LogP contribution < -0.4 is 0 Å². The summed E-state index contributed by atoms with van der Waals surface area (Å²) in [5.41, 5.74) is -8.42. The smallest absolute Gasteiger partial charge is 0.444 e. The number of hydrogen-bond acceptors (Lipinski definition) is 5. The van der Waals surface area contributed by atoms with Crippen molar-refractivity contribution in [2.24, 2.45) is 0 Å². The van der Waals surface area contributed by atoms with Crippen LogP contribution in [0.4, 0.5) is 18.0 Å². The Labute approximate surface area is 132 Å². The largest absolute Gasteiger partial charge is 0.523 e. The quantitative estimate of drug-likeness (QED) is 0.432. The standard InChI is InChI=1S/C13H18F3NO5S/c1-11(2,3)21-10(18)17-9-5-4-7-12(17,8-6-9)22-23(19,20)13(14,15)16/h4,7,9H,5-6,8H2,1-3H3. The molecule has 1 amide bonds. The van der Waals surface area contributed by atoms with Crippen LogP contribution in [0.25, 0.3) is 0 Å². The molecule has 1 fully saturated rings. The maximum Gasteiger partial charge on any atom is 0.523 e. The Balaban J connectivity index is 2.36. The van der Waals surface area contributed by atoms with Crippen molar-refractivity contribution in [3.05, 3.63) is 12.2 Å². The molecule has 2 bridgehead atoms. The van der Waals surface area contributed by atoms with E-state index >= 15 is 0 Å². The first kappa shape index (κ1) is 18.1. The minimum Gasteiger partial charge on any atom is -0.444 e. The van der Waals surface area contributed by atoms with Gasteiger partial charge < -0.3 is 4.74 Å². The van der Waals surface area contributed by atoms with Crippen LogP contribution in [0.1, 0.15) is 40.0 Å². The van der Waals surface area contributed by atoms with Gasteiger partial charge in [0.1, 0.15) is 5.60 Å². The number of rotatable bonds is 2. The van der Waals surface area contributed by atoms with Gasteiger partial charge in [0, 0.05) is 12.5 Å². The Hall–Kier alpha value is -1.29. The van der Waals surface area contributed by atoms with Crippen LogP contribution in [0.15, 0.2) is 12.2 Å². The Morgan fingerprint density at radius 1 is 1.30 bits per heavy atom. The number of alkyl halides is 3. The van der Waals surface area contributed by atoms with Crippen molar-refractivity contribution in [3.63, 3.8) is 0 Å². The van der Waals surface area contributed by atoms with Crippen molar-refractivity contribution in [3.8, 4) is 0 Å². The molecule has 23 heavy (non-hydrogen) atoms. The summed E-state index contributed by atoms with van der Waals surface area (Å²) in [6.45, 7) is 4.81. The average molecular weight is 357 g/mol. The van der Waals surface area contributed by atoms with Crippen LogP contribution >= 0.6 is 0 Å². The van der Waals surface area contributed by atoms with Crippen LogP contribution in [0, 0.1) is 0 Å². The number of nitrogens with zero attached hydrogens (tertiary/aromatic N) is 1. The van der Waals surface area contributed by atoms with E-state index in [4.69, 9.17) is 4.74 Å². The van der Waals surface area contributed by atoms with Gasteiger partial charge in [0.15, 0.2) is 5.72 Å². The third-order valence-corrected chi connectivity index (χ3v) is 4.60. The zero-order chi connectivity index (χ0) is 17.7. The normalized spacial score (nSPS) is 28.1. The molecule has 2 aliphatic rings. The van der Waals surface area contributed by atoms with Gasteiger partial charge in [0.05, 0.1) is 0 Å². The first-order valence-electron chi connectivity index (χ1n) is 6.99. The summed E-state index contributed by atoms with van der Waals surface area (Å²) in [7, 11) is -5.85. The third kappa shape index (κ3) is 3.47. The number of carbonyl (C=O) groups is 1. The molecule has 1 saturated heterocycles. The topological polar surface area (TPSA) is 72.9 Å². The summed E-state index contributed by atoms with van der Waals surface area (Å²) in [6.07, 6.45) is 2.47. The molecule has 2 unspecified atom stereocenters. The lowest BCUT2D eigenvalue weighted by atomic mass is 10.1. The van der Waals surface area contributed by atoms with E-state index in [2.05, 4.69) is 4.18 Å². The maximum absolute atomic E-state index is 12.6. The lowest BCUT2D eigenvalue weighted by molar-refractivity contribution is -0.0859. The molecule has 2 aliphatic heterocycles. The number of ether oxygens (including phenoxy) is 1. The Morgan fingerprint density at radius 2 is 1.91 bits per heavy atom. The third-order valence-electron chi connectivity index (χ3n) is 3.52. The van der Waals surface area contributed by atoms with Gasteiger partial charge in [-0.2, -0.15) is 21.6 Å². The minimum absolute atomic E-state index is 0.0529. The molecule has 2 atom stereocenters. The van der Waals surface area contributed by atoms with E-state index in [-0.39, 0.29) is 6.42 Å². The zero-order valence-electron chi connectivity index (χ0n) is 12.9. The second-order valence-corrected chi connectivity index (χ2v) is 8.05.